The van der Waals surface area contributed by atoms with Gasteiger partial charge in [-0.05, 0) is 24.6 Å². The highest BCUT2D eigenvalue weighted by Crippen LogP contribution is 2.41. The van der Waals surface area contributed by atoms with Crippen molar-refractivity contribution in [1.29, 1.82) is 5.26 Å². The van der Waals surface area contributed by atoms with Crippen molar-refractivity contribution in [2.75, 3.05) is 5.32 Å². The molecule has 1 amide bonds. The Bertz CT molecular complexity index is 1500. The number of nitrogens with zero attached hydrogens (tertiary/aromatic N) is 4. The van der Waals surface area contributed by atoms with E-state index in [0.717, 1.165) is 11.1 Å². The first-order valence-electron chi connectivity index (χ1n) is 10.6. The Labute approximate surface area is 195 Å². The lowest BCUT2D eigenvalue weighted by Gasteiger charge is -2.05. The molecule has 0 aliphatic carbocycles. The lowest BCUT2D eigenvalue weighted by atomic mass is 9.98. The van der Waals surface area contributed by atoms with E-state index in [1.54, 1.807) is 23.9 Å². The zero-order chi connectivity index (χ0) is 23.5. The van der Waals surface area contributed by atoms with Crippen molar-refractivity contribution < 1.29 is 9.21 Å². The van der Waals surface area contributed by atoms with E-state index in [9.17, 15) is 10.1 Å². The highest BCUT2D eigenvalue weighted by atomic mass is 16.4. The highest BCUT2D eigenvalue weighted by Gasteiger charge is 2.25. The fourth-order valence-corrected chi connectivity index (χ4v) is 3.81. The van der Waals surface area contributed by atoms with Crippen LogP contribution in [0.2, 0.25) is 0 Å². The average Bonchev–Trinajstić information content (AvgIpc) is 3.46. The fraction of sp³-hybridized carbons (Fsp3) is 0.0370. The van der Waals surface area contributed by atoms with Crippen molar-refractivity contribution in [2.24, 2.45) is 0 Å². The van der Waals surface area contributed by atoms with E-state index in [-0.39, 0.29) is 11.4 Å². The van der Waals surface area contributed by atoms with E-state index in [0.29, 0.717) is 28.4 Å². The molecule has 0 saturated heterocycles. The SMILES string of the molecule is Cc1c(C(=O)Nc2oc(-c3ccccc3)c(-c3ccccc3)c2C#N)cnn1-c1ccccn1. The molecule has 0 saturated carbocycles. The number of carbonyl (C=O) groups is 1. The summed E-state index contributed by atoms with van der Waals surface area (Å²) >= 11 is 0. The molecule has 3 aromatic heterocycles. The molecule has 0 fully saturated rings. The van der Waals surface area contributed by atoms with Crippen molar-refractivity contribution in [3.8, 4) is 34.3 Å². The first kappa shape index (κ1) is 20.9. The summed E-state index contributed by atoms with van der Waals surface area (Å²) in [5, 5.41) is 17.1. The largest absolute Gasteiger partial charge is 0.438 e. The number of anilines is 1. The van der Waals surface area contributed by atoms with Gasteiger partial charge in [0, 0.05) is 17.3 Å². The predicted molar refractivity (Wildman–Crippen MR) is 128 cm³/mol. The average molecular weight is 445 g/mol. The summed E-state index contributed by atoms with van der Waals surface area (Å²) in [5.74, 6) is 0.784. The third-order valence-electron chi connectivity index (χ3n) is 5.47. The van der Waals surface area contributed by atoms with Gasteiger partial charge in [0.05, 0.1) is 17.5 Å². The van der Waals surface area contributed by atoms with Gasteiger partial charge in [-0.3, -0.25) is 10.1 Å². The maximum absolute atomic E-state index is 13.2. The minimum atomic E-state index is -0.427. The van der Waals surface area contributed by atoms with Crippen LogP contribution >= 0.6 is 0 Å². The van der Waals surface area contributed by atoms with Crippen LogP contribution in [0, 0.1) is 18.3 Å². The molecule has 0 atom stereocenters. The monoisotopic (exact) mass is 445 g/mol. The quantitative estimate of drug-likeness (QED) is 0.378. The topological polar surface area (TPSA) is 96.7 Å². The molecule has 164 valence electrons. The molecule has 0 spiro atoms. The van der Waals surface area contributed by atoms with E-state index >= 15 is 0 Å². The second-order valence-corrected chi connectivity index (χ2v) is 7.55. The molecule has 5 rings (SSSR count). The summed E-state index contributed by atoms with van der Waals surface area (Å²) in [6, 6.07) is 26.7. The zero-order valence-electron chi connectivity index (χ0n) is 18.3. The van der Waals surface area contributed by atoms with Crippen LogP contribution in [0.3, 0.4) is 0 Å². The molecule has 34 heavy (non-hydrogen) atoms. The second kappa shape index (κ2) is 8.88. The molecule has 0 aliphatic rings. The fourth-order valence-electron chi connectivity index (χ4n) is 3.81. The van der Waals surface area contributed by atoms with E-state index in [1.807, 2.05) is 72.8 Å². The van der Waals surface area contributed by atoms with E-state index in [2.05, 4.69) is 21.5 Å². The molecule has 2 aromatic carbocycles. The minimum absolute atomic E-state index is 0.0928. The standard InChI is InChI=1S/C27H19N5O2/c1-18-22(17-30-32(18)23-14-8-9-15-29-23)26(33)31-27-21(16-28)24(19-10-4-2-5-11-19)25(34-27)20-12-6-3-7-13-20/h2-15,17H,1H3,(H,31,33). The van der Waals surface area contributed by atoms with Gasteiger partial charge in [-0.1, -0.05) is 66.7 Å². The van der Waals surface area contributed by atoms with Crippen LogP contribution in [0.4, 0.5) is 5.88 Å². The van der Waals surface area contributed by atoms with Crippen molar-refractivity contribution in [3.05, 3.63) is 108 Å². The van der Waals surface area contributed by atoms with Gasteiger partial charge >= 0.3 is 0 Å². The number of pyridine rings is 1. The maximum Gasteiger partial charge on any atom is 0.261 e. The number of benzene rings is 2. The Kier molecular flexibility index (Phi) is 5.46. The van der Waals surface area contributed by atoms with E-state index in [1.165, 1.54) is 6.20 Å². The third kappa shape index (κ3) is 3.74. The number of hydrogen-bond donors (Lipinski definition) is 1. The number of nitrogens with one attached hydrogen (secondary N) is 1. The van der Waals surface area contributed by atoms with E-state index in [4.69, 9.17) is 4.42 Å². The van der Waals surface area contributed by atoms with Crippen LogP contribution in [0.5, 0.6) is 0 Å². The molecule has 0 radical (unpaired) electrons. The Morgan fingerprint density at radius 3 is 2.29 bits per heavy atom. The normalized spacial score (nSPS) is 10.6. The Balaban J connectivity index is 1.57. The molecule has 1 N–H and O–H groups in total. The van der Waals surface area contributed by atoms with Gasteiger partial charge in [-0.2, -0.15) is 10.4 Å². The molecule has 3 heterocycles. The van der Waals surface area contributed by atoms with Gasteiger partial charge in [0.15, 0.2) is 5.82 Å². The smallest absolute Gasteiger partial charge is 0.261 e. The number of carbonyl (C=O) groups excluding carboxylic acids is 1. The first-order valence-corrected chi connectivity index (χ1v) is 10.6. The van der Waals surface area contributed by atoms with Gasteiger partial charge in [0.25, 0.3) is 5.91 Å². The van der Waals surface area contributed by atoms with Gasteiger partial charge in [0.1, 0.15) is 17.4 Å². The van der Waals surface area contributed by atoms with Crippen LogP contribution in [-0.4, -0.2) is 20.7 Å². The van der Waals surface area contributed by atoms with E-state index < -0.39 is 5.91 Å². The molecule has 7 heteroatoms. The molecule has 0 unspecified atom stereocenters. The van der Waals surface area contributed by atoms with Crippen LogP contribution in [0.15, 0.2) is 95.7 Å². The molecule has 0 bridgehead atoms. The summed E-state index contributed by atoms with van der Waals surface area (Å²) in [7, 11) is 0. The highest BCUT2D eigenvalue weighted by molar-refractivity contribution is 6.06. The third-order valence-corrected chi connectivity index (χ3v) is 5.47. The van der Waals surface area contributed by atoms with Crippen LogP contribution in [0.1, 0.15) is 21.6 Å². The first-order chi connectivity index (χ1) is 16.7. The molecule has 7 nitrogen and oxygen atoms in total. The van der Waals surface area contributed by atoms with Crippen molar-refractivity contribution in [3.63, 3.8) is 0 Å². The minimum Gasteiger partial charge on any atom is -0.438 e. The van der Waals surface area contributed by atoms with Crippen LogP contribution < -0.4 is 5.32 Å². The summed E-state index contributed by atoms with van der Waals surface area (Å²) in [5.41, 5.74) is 3.48. The van der Waals surface area contributed by atoms with Gasteiger partial charge in [0.2, 0.25) is 5.88 Å². The van der Waals surface area contributed by atoms with Crippen LogP contribution in [-0.2, 0) is 0 Å². The molecular formula is C27H19N5O2. The summed E-state index contributed by atoms with van der Waals surface area (Å²) < 4.78 is 7.70. The van der Waals surface area contributed by atoms with Crippen LogP contribution in [0.25, 0.3) is 28.3 Å². The zero-order valence-corrected chi connectivity index (χ0v) is 18.3. The van der Waals surface area contributed by atoms with Gasteiger partial charge < -0.3 is 4.42 Å². The number of furan rings is 1. The molecule has 5 aromatic rings. The van der Waals surface area contributed by atoms with Crippen molar-refractivity contribution in [1.82, 2.24) is 14.8 Å². The Morgan fingerprint density at radius 2 is 1.65 bits per heavy atom. The summed E-state index contributed by atoms with van der Waals surface area (Å²) in [4.78, 5) is 17.5. The van der Waals surface area contributed by atoms with Crippen molar-refractivity contribution in [2.45, 2.75) is 6.92 Å². The summed E-state index contributed by atoms with van der Waals surface area (Å²) in [6.45, 7) is 1.79. The molecule has 0 aliphatic heterocycles. The van der Waals surface area contributed by atoms with Gasteiger partial charge in [-0.25, -0.2) is 9.67 Å². The second-order valence-electron chi connectivity index (χ2n) is 7.55. The number of nitriles is 1. The molecular weight excluding hydrogens is 426 g/mol. The Morgan fingerprint density at radius 1 is 0.971 bits per heavy atom. The lowest BCUT2D eigenvalue weighted by Crippen LogP contribution is -2.13. The number of aromatic nitrogens is 3. The Hall–Kier alpha value is -4.96. The predicted octanol–water partition coefficient (Wildman–Crippen LogP) is 5.63. The number of amides is 1. The summed E-state index contributed by atoms with van der Waals surface area (Å²) in [6.07, 6.45) is 3.14. The lowest BCUT2D eigenvalue weighted by molar-refractivity contribution is 0.102. The van der Waals surface area contributed by atoms with Gasteiger partial charge in [-0.15, -0.1) is 0 Å². The number of hydrogen-bond acceptors (Lipinski definition) is 5. The van der Waals surface area contributed by atoms with Crippen molar-refractivity contribution >= 4 is 11.8 Å². The number of rotatable bonds is 5. The maximum atomic E-state index is 13.2.